The molecule has 0 aromatic heterocycles. The topological polar surface area (TPSA) is 73.0 Å². The first-order valence-electron chi connectivity index (χ1n) is 13.1. The molecule has 0 saturated carbocycles. The maximum absolute atomic E-state index is 13.5. The van der Waals surface area contributed by atoms with E-state index < -0.39 is 6.04 Å². The van der Waals surface area contributed by atoms with Crippen LogP contribution in [0, 0.1) is 11.8 Å². The van der Waals surface area contributed by atoms with Crippen LogP contribution in [0.5, 0.6) is 0 Å². The summed E-state index contributed by atoms with van der Waals surface area (Å²) in [4.78, 5) is 45.3. The van der Waals surface area contributed by atoms with Crippen molar-refractivity contribution in [2.45, 2.75) is 32.7 Å². The molecule has 0 spiro atoms. The summed E-state index contributed by atoms with van der Waals surface area (Å²) < 4.78 is 0. The van der Waals surface area contributed by atoms with Crippen molar-refractivity contribution in [3.8, 4) is 0 Å². The first-order valence-corrected chi connectivity index (χ1v) is 13.1. The SMILES string of the molecule is CC1CC(C)CN(C(=O)CN2CCN(C(=O)C(Cc3ccccc3)NC(=O)c3ccccc3)CC2)C1. The van der Waals surface area contributed by atoms with Crippen molar-refractivity contribution in [2.75, 3.05) is 45.8 Å². The molecule has 0 radical (unpaired) electrons. The van der Waals surface area contributed by atoms with Crippen LogP contribution in [-0.2, 0) is 16.0 Å². The van der Waals surface area contributed by atoms with Crippen molar-refractivity contribution in [1.82, 2.24) is 20.0 Å². The maximum Gasteiger partial charge on any atom is 0.251 e. The van der Waals surface area contributed by atoms with Gasteiger partial charge in [-0.1, -0.05) is 62.4 Å². The van der Waals surface area contributed by atoms with E-state index in [2.05, 4.69) is 24.1 Å². The molecule has 7 nitrogen and oxygen atoms in total. The molecule has 3 unspecified atom stereocenters. The number of piperidine rings is 1. The zero-order valence-electron chi connectivity index (χ0n) is 21.4. The molecular weight excluding hydrogens is 452 g/mol. The minimum absolute atomic E-state index is 0.0761. The molecule has 7 heteroatoms. The molecule has 2 saturated heterocycles. The highest BCUT2D eigenvalue weighted by molar-refractivity contribution is 5.97. The second-order valence-corrected chi connectivity index (χ2v) is 10.4. The van der Waals surface area contributed by atoms with E-state index in [0.717, 1.165) is 18.7 Å². The minimum atomic E-state index is -0.649. The minimum Gasteiger partial charge on any atom is -0.341 e. The molecule has 2 fully saturated rings. The number of hydrogen-bond donors (Lipinski definition) is 1. The lowest BCUT2D eigenvalue weighted by Crippen LogP contribution is -2.57. The van der Waals surface area contributed by atoms with E-state index >= 15 is 0 Å². The molecule has 0 bridgehead atoms. The van der Waals surface area contributed by atoms with E-state index in [9.17, 15) is 14.4 Å². The van der Waals surface area contributed by atoms with Crippen molar-refractivity contribution in [3.05, 3.63) is 71.8 Å². The third kappa shape index (κ3) is 6.94. The van der Waals surface area contributed by atoms with Gasteiger partial charge in [0, 0.05) is 51.3 Å². The molecule has 2 aliphatic rings. The summed E-state index contributed by atoms with van der Waals surface area (Å²) in [7, 11) is 0. The van der Waals surface area contributed by atoms with Crippen molar-refractivity contribution in [2.24, 2.45) is 11.8 Å². The summed E-state index contributed by atoms with van der Waals surface area (Å²) >= 11 is 0. The van der Waals surface area contributed by atoms with Crippen LogP contribution in [0.4, 0.5) is 0 Å². The number of rotatable bonds is 7. The van der Waals surface area contributed by atoms with Gasteiger partial charge in [0.1, 0.15) is 6.04 Å². The Kier molecular flexibility index (Phi) is 8.75. The van der Waals surface area contributed by atoms with E-state index in [4.69, 9.17) is 0 Å². The van der Waals surface area contributed by atoms with Gasteiger partial charge < -0.3 is 15.1 Å². The molecule has 3 atom stereocenters. The van der Waals surface area contributed by atoms with Gasteiger partial charge in [0.25, 0.3) is 5.91 Å². The number of amides is 3. The fraction of sp³-hybridized carbons (Fsp3) is 0.483. The zero-order valence-corrected chi connectivity index (χ0v) is 21.4. The van der Waals surface area contributed by atoms with Crippen molar-refractivity contribution in [3.63, 3.8) is 0 Å². The smallest absolute Gasteiger partial charge is 0.251 e. The summed E-state index contributed by atoms with van der Waals surface area (Å²) in [6, 6.07) is 18.1. The average Bonchev–Trinajstić information content (AvgIpc) is 2.89. The molecule has 0 aliphatic carbocycles. The van der Waals surface area contributed by atoms with Gasteiger partial charge in [-0.2, -0.15) is 0 Å². The summed E-state index contributed by atoms with van der Waals surface area (Å²) in [6.45, 7) is 8.90. The van der Waals surface area contributed by atoms with Gasteiger partial charge in [0.2, 0.25) is 11.8 Å². The van der Waals surface area contributed by atoms with Gasteiger partial charge in [-0.15, -0.1) is 0 Å². The van der Waals surface area contributed by atoms with Crippen molar-refractivity contribution in [1.29, 1.82) is 0 Å². The number of hydrogen-bond acceptors (Lipinski definition) is 4. The van der Waals surface area contributed by atoms with Gasteiger partial charge in [0.15, 0.2) is 0 Å². The summed E-state index contributed by atoms with van der Waals surface area (Å²) in [5, 5.41) is 2.97. The number of likely N-dealkylation sites (tertiary alicyclic amines) is 1. The molecular formula is C29H38N4O3. The highest BCUT2D eigenvalue weighted by Crippen LogP contribution is 2.21. The first-order chi connectivity index (χ1) is 17.4. The molecule has 2 heterocycles. The summed E-state index contributed by atoms with van der Waals surface area (Å²) in [5.74, 6) is 0.941. The number of nitrogens with zero attached hydrogens (tertiary/aromatic N) is 3. The second-order valence-electron chi connectivity index (χ2n) is 10.4. The van der Waals surface area contributed by atoms with E-state index in [-0.39, 0.29) is 17.7 Å². The van der Waals surface area contributed by atoms with Gasteiger partial charge >= 0.3 is 0 Å². The molecule has 2 aliphatic heterocycles. The Morgan fingerprint density at radius 3 is 2.03 bits per heavy atom. The fourth-order valence-corrected chi connectivity index (χ4v) is 5.39. The summed E-state index contributed by atoms with van der Waals surface area (Å²) in [6.07, 6.45) is 1.61. The predicted molar refractivity (Wildman–Crippen MR) is 140 cm³/mol. The number of nitrogens with one attached hydrogen (secondary N) is 1. The molecule has 4 rings (SSSR count). The summed E-state index contributed by atoms with van der Waals surface area (Å²) in [5.41, 5.74) is 1.53. The first kappa shape index (κ1) is 25.9. The van der Waals surface area contributed by atoms with E-state index in [1.54, 1.807) is 12.1 Å². The highest BCUT2D eigenvalue weighted by Gasteiger charge is 2.31. The van der Waals surface area contributed by atoms with E-state index in [1.165, 1.54) is 6.42 Å². The van der Waals surface area contributed by atoms with Crippen LogP contribution in [0.3, 0.4) is 0 Å². The lowest BCUT2D eigenvalue weighted by Gasteiger charge is -2.39. The molecule has 1 N–H and O–H groups in total. The molecule has 2 aromatic carbocycles. The van der Waals surface area contributed by atoms with Crippen molar-refractivity contribution < 1.29 is 14.4 Å². The standard InChI is InChI=1S/C29H38N4O3/c1-22-17-23(2)20-33(19-22)27(34)21-31-13-15-32(16-14-31)29(36)26(18-24-9-5-3-6-10-24)30-28(35)25-11-7-4-8-12-25/h3-12,22-23,26H,13-21H2,1-2H3,(H,30,35). The largest absolute Gasteiger partial charge is 0.341 e. The van der Waals surface area contributed by atoms with Crippen LogP contribution in [0.2, 0.25) is 0 Å². The number of piperazine rings is 1. The Hall–Kier alpha value is -3.19. The Labute approximate surface area is 214 Å². The number of carbonyl (C=O) groups excluding carboxylic acids is 3. The van der Waals surface area contributed by atoms with E-state index in [0.29, 0.717) is 56.5 Å². The highest BCUT2D eigenvalue weighted by atomic mass is 16.2. The normalized spacial score (nSPS) is 21.6. The molecule has 36 heavy (non-hydrogen) atoms. The van der Waals surface area contributed by atoms with E-state index in [1.807, 2.05) is 58.3 Å². The Bertz CT molecular complexity index is 1010. The Balaban J connectivity index is 1.35. The second kappa shape index (κ2) is 12.2. The van der Waals surface area contributed by atoms with Crippen LogP contribution in [0.25, 0.3) is 0 Å². The predicted octanol–water partition coefficient (Wildman–Crippen LogP) is 2.68. The number of benzene rings is 2. The zero-order chi connectivity index (χ0) is 25.5. The third-order valence-corrected chi connectivity index (χ3v) is 7.19. The van der Waals surface area contributed by atoms with Crippen LogP contribution < -0.4 is 5.32 Å². The van der Waals surface area contributed by atoms with Gasteiger partial charge in [-0.3, -0.25) is 19.3 Å². The molecule has 3 amide bonds. The Morgan fingerprint density at radius 2 is 1.42 bits per heavy atom. The monoisotopic (exact) mass is 490 g/mol. The fourth-order valence-electron chi connectivity index (χ4n) is 5.39. The Morgan fingerprint density at radius 1 is 0.833 bits per heavy atom. The average molecular weight is 491 g/mol. The van der Waals surface area contributed by atoms with Crippen LogP contribution in [0.1, 0.15) is 36.2 Å². The van der Waals surface area contributed by atoms with Crippen molar-refractivity contribution >= 4 is 17.7 Å². The van der Waals surface area contributed by atoms with Gasteiger partial charge in [-0.25, -0.2) is 0 Å². The molecule has 2 aromatic rings. The lowest BCUT2D eigenvalue weighted by atomic mass is 9.92. The van der Waals surface area contributed by atoms with Gasteiger partial charge in [-0.05, 0) is 36.0 Å². The third-order valence-electron chi connectivity index (χ3n) is 7.19. The quantitative estimate of drug-likeness (QED) is 0.648. The van der Waals surface area contributed by atoms with Crippen LogP contribution >= 0.6 is 0 Å². The lowest BCUT2D eigenvalue weighted by molar-refractivity contribution is -0.137. The molecule has 192 valence electrons. The maximum atomic E-state index is 13.5. The van der Waals surface area contributed by atoms with Gasteiger partial charge in [0.05, 0.1) is 6.54 Å². The number of carbonyl (C=O) groups is 3. The van der Waals surface area contributed by atoms with Crippen LogP contribution in [-0.4, -0.2) is 84.3 Å². The van der Waals surface area contributed by atoms with Crippen LogP contribution in [0.15, 0.2) is 60.7 Å².